The standard InChI is InChI=1S/C13H17N5O/c1-3-13(2,14)12(19)17-10-5-6-11(15-9-10)18-8-4-7-16-18/h4-9H,3,14H2,1-2H3,(H,17,19). The molecule has 2 aromatic rings. The molecule has 0 bridgehead atoms. The summed E-state index contributed by atoms with van der Waals surface area (Å²) >= 11 is 0. The number of aromatic nitrogens is 3. The van der Waals surface area contributed by atoms with Crippen LogP contribution in [0.15, 0.2) is 36.8 Å². The molecule has 0 aromatic carbocycles. The van der Waals surface area contributed by atoms with Gasteiger partial charge in [-0.15, -0.1) is 0 Å². The second-order valence-electron chi connectivity index (χ2n) is 4.58. The molecule has 19 heavy (non-hydrogen) atoms. The Bertz CT molecular complexity index is 545. The first kappa shape index (κ1) is 13.2. The summed E-state index contributed by atoms with van der Waals surface area (Å²) in [7, 11) is 0. The largest absolute Gasteiger partial charge is 0.323 e. The number of hydrogen-bond acceptors (Lipinski definition) is 4. The minimum atomic E-state index is -0.874. The fourth-order valence-electron chi connectivity index (χ4n) is 1.43. The van der Waals surface area contributed by atoms with E-state index in [0.717, 1.165) is 0 Å². The molecule has 0 fully saturated rings. The minimum absolute atomic E-state index is 0.219. The molecular formula is C13H17N5O. The number of carbonyl (C=O) groups is 1. The van der Waals surface area contributed by atoms with E-state index >= 15 is 0 Å². The molecule has 2 rings (SSSR count). The first-order valence-electron chi connectivity index (χ1n) is 6.09. The average molecular weight is 259 g/mol. The predicted octanol–water partition coefficient (Wildman–Crippen LogP) is 1.33. The highest BCUT2D eigenvalue weighted by molar-refractivity contribution is 5.97. The lowest BCUT2D eigenvalue weighted by Gasteiger charge is -2.21. The lowest BCUT2D eigenvalue weighted by Crippen LogP contribution is -2.47. The predicted molar refractivity (Wildman–Crippen MR) is 72.9 cm³/mol. The Morgan fingerprint density at radius 1 is 1.53 bits per heavy atom. The molecule has 2 aromatic heterocycles. The maximum atomic E-state index is 11.9. The second-order valence-corrected chi connectivity index (χ2v) is 4.58. The first-order valence-corrected chi connectivity index (χ1v) is 6.09. The average Bonchev–Trinajstić information content (AvgIpc) is 2.93. The number of nitrogens with zero attached hydrogens (tertiary/aromatic N) is 3. The minimum Gasteiger partial charge on any atom is -0.323 e. The van der Waals surface area contributed by atoms with Gasteiger partial charge < -0.3 is 11.1 Å². The lowest BCUT2D eigenvalue weighted by molar-refractivity contribution is -0.120. The van der Waals surface area contributed by atoms with Gasteiger partial charge in [-0.05, 0) is 31.5 Å². The van der Waals surface area contributed by atoms with Crippen molar-refractivity contribution >= 4 is 11.6 Å². The van der Waals surface area contributed by atoms with Crippen LogP contribution in [0.1, 0.15) is 20.3 Å². The number of amides is 1. The fourth-order valence-corrected chi connectivity index (χ4v) is 1.43. The van der Waals surface area contributed by atoms with Gasteiger partial charge in [0.25, 0.3) is 0 Å². The van der Waals surface area contributed by atoms with Gasteiger partial charge in [-0.25, -0.2) is 9.67 Å². The Morgan fingerprint density at radius 2 is 2.32 bits per heavy atom. The lowest BCUT2D eigenvalue weighted by atomic mass is 9.99. The molecule has 0 aliphatic carbocycles. The van der Waals surface area contributed by atoms with Gasteiger partial charge >= 0.3 is 0 Å². The van der Waals surface area contributed by atoms with E-state index in [4.69, 9.17) is 5.73 Å². The fraction of sp³-hybridized carbons (Fsp3) is 0.308. The van der Waals surface area contributed by atoms with Gasteiger partial charge in [-0.2, -0.15) is 5.10 Å². The zero-order chi connectivity index (χ0) is 13.9. The SMILES string of the molecule is CCC(C)(N)C(=O)Nc1ccc(-n2cccn2)nc1. The van der Waals surface area contributed by atoms with Crippen molar-refractivity contribution in [2.75, 3.05) is 5.32 Å². The number of nitrogens with one attached hydrogen (secondary N) is 1. The van der Waals surface area contributed by atoms with Gasteiger partial charge in [-0.1, -0.05) is 6.92 Å². The van der Waals surface area contributed by atoms with Crippen molar-refractivity contribution in [3.63, 3.8) is 0 Å². The Labute approximate surface area is 111 Å². The molecule has 3 N–H and O–H groups in total. The van der Waals surface area contributed by atoms with Crippen LogP contribution in [-0.4, -0.2) is 26.2 Å². The highest BCUT2D eigenvalue weighted by Gasteiger charge is 2.25. The van der Waals surface area contributed by atoms with Crippen molar-refractivity contribution in [2.24, 2.45) is 5.73 Å². The molecule has 0 saturated carbocycles. The van der Waals surface area contributed by atoms with Gasteiger partial charge in [0.15, 0.2) is 5.82 Å². The van der Waals surface area contributed by atoms with E-state index in [1.165, 1.54) is 0 Å². The van der Waals surface area contributed by atoms with Crippen LogP contribution in [0.3, 0.4) is 0 Å². The summed E-state index contributed by atoms with van der Waals surface area (Å²) < 4.78 is 1.64. The molecule has 6 heteroatoms. The topological polar surface area (TPSA) is 85.8 Å². The monoisotopic (exact) mass is 259 g/mol. The molecule has 0 aliphatic rings. The number of rotatable bonds is 4. The van der Waals surface area contributed by atoms with E-state index in [1.54, 1.807) is 42.3 Å². The molecule has 0 spiro atoms. The van der Waals surface area contributed by atoms with Crippen molar-refractivity contribution < 1.29 is 4.79 Å². The summed E-state index contributed by atoms with van der Waals surface area (Å²) in [6.45, 7) is 3.58. The maximum absolute atomic E-state index is 11.9. The molecule has 100 valence electrons. The zero-order valence-electron chi connectivity index (χ0n) is 11.0. The van der Waals surface area contributed by atoms with Crippen molar-refractivity contribution in [3.8, 4) is 5.82 Å². The number of pyridine rings is 1. The van der Waals surface area contributed by atoms with E-state index in [-0.39, 0.29) is 5.91 Å². The van der Waals surface area contributed by atoms with Crippen molar-refractivity contribution in [1.82, 2.24) is 14.8 Å². The van der Waals surface area contributed by atoms with E-state index in [2.05, 4.69) is 15.4 Å². The summed E-state index contributed by atoms with van der Waals surface area (Å²) in [4.78, 5) is 16.1. The summed E-state index contributed by atoms with van der Waals surface area (Å²) in [5.74, 6) is 0.470. The molecule has 0 aliphatic heterocycles. The van der Waals surface area contributed by atoms with Crippen molar-refractivity contribution in [1.29, 1.82) is 0 Å². The molecule has 0 radical (unpaired) electrons. The quantitative estimate of drug-likeness (QED) is 0.867. The Kier molecular flexibility index (Phi) is 3.62. The van der Waals surface area contributed by atoms with Gasteiger partial charge in [-0.3, -0.25) is 4.79 Å². The van der Waals surface area contributed by atoms with Gasteiger partial charge in [0, 0.05) is 12.4 Å². The first-order chi connectivity index (χ1) is 9.03. The van der Waals surface area contributed by atoms with E-state index in [9.17, 15) is 4.79 Å². The van der Waals surface area contributed by atoms with Crippen LogP contribution in [-0.2, 0) is 4.79 Å². The molecular weight excluding hydrogens is 242 g/mol. The number of carbonyl (C=O) groups excluding carboxylic acids is 1. The second kappa shape index (κ2) is 5.19. The van der Waals surface area contributed by atoms with Crippen LogP contribution in [0.5, 0.6) is 0 Å². The molecule has 0 saturated heterocycles. The Balaban J connectivity index is 2.10. The summed E-state index contributed by atoms with van der Waals surface area (Å²) in [6, 6.07) is 5.37. The third-order valence-corrected chi connectivity index (χ3v) is 3.00. The molecule has 1 amide bonds. The third-order valence-electron chi connectivity index (χ3n) is 3.00. The highest BCUT2D eigenvalue weighted by atomic mass is 16.2. The van der Waals surface area contributed by atoms with Crippen LogP contribution < -0.4 is 11.1 Å². The zero-order valence-corrected chi connectivity index (χ0v) is 11.0. The van der Waals surface area contributed by atoms with E-state index < -0.39 is 5.54 Å². The summed E-state index contributed by atoms with van der Waals surface area (Å²) in [6.07, 6.45) is 5.63. The van der Waals surface area contributed by atoms with Crippen LogP contribution in [0.4, 0.5) is 5.69 Å². The van der Waals surface area contributed by atoms with Crippen LogP contribution in [0, 0.1) is 0 Å². The third kappa shape index (κ3) is 2.97. The number of anilines is 1. The van der Waals surface area contributed by atoms with Crippen LogP contribution in [0.25, 0.3) is 5.82 Å². The maximum Gasteiger partial charge on any atom is 0.244 e. The molecule has 1 atom stereocenters. The summed E-state index contributed by atoms with van der Waals surface area (Å²) in [5.41, 5.74) is 5.61. The van der Waals surface area contributed by atoms with E-state index in [1.807, 2.05) is 13.0 Å². The van der Waals surface area contributed by atoms with Gasteiger partial charge in [0.1, 0.15) is 0 Å². The Morgan fingerprint density at radius 3 is 2.84 bits per heavy atom. The van der Waals surface area contributed by atoms with Crippen molar-refractivity contribution in [2.45, 2.75) is 25.8 Å². The number of nitrogens with two attached hydrogens (primary N) is 1. The van der Waals surface area contributed by atoms with Crippen LogP contribution >= 0.6 is 0 Å². The molecule has 1 unspecified atom stereocenters. The number of hydrogen-bond donors (Lipinski definition) is 2. The summed E-state index contributed by atoms with van der Waals surface area (Å²) in [5, 5.41) is 6.83. The van der Waals surface area contributed by atoms with E-state index in [0.29, 0.717) is 17.9 Å². The normalized spacial score (nSPS) is 13.8. The van der Waals surface area contributed by atoms with Gasteiger partial charge in [0.2, 0.25) is 5.91 Å². The molecule has 2 heterocycles. The highest BCUT2D eigenvalue weighted by Crippen LogP contribution is 2.12. The smallest absolute Gasteiger partial charge is 0.244 e. The Hall–Kier alpha value is -2.21. The van der Waals surface area contributed by atoms with Crippen LogP contribution in [0.2, 0.25) is 0 Å². The van der Waals surface area contributed by atoms with Gasteiger partial charge in [0.05, 0.1) is 17.4 Å². The van der Waals surface area contributed by atoms with Crippen molar-refractivity contribution in [3.05, 3.63) is 36.8 Å². The molecule has 6 nitrogen and oxygen atoms in total.